The maximum absolute atomic E-state index is 11.2. The van der Waals surface area contributed by atoms with Crippen molar-refractivity contribution in [1.82, 2.24) is 10.2 Å². The molecule has 0 aromatic heterocycles. The lowest BCUT2D eigenvalue weighted by molar-refractivity contribution is -0.128. The highest BCUT2D eigenvalue weighted by Crippen LogP contribution is 2.00. The minimum absolute atomic E-state index is 0.0879. The Kier molecular flexibility index (Phi) is 6.49. The Hall–Kier alpha value is -0.610. The highest BCUT2D eigenvalue weighted by atomic mass is 16.3. The van der Waals surface area contributed by atoms with Crippen LogP contribution >= 0.6 is 0 Å². The van der Waals surface area contributed by atoms with E-state index in [-0.39, 0.29) is 18.6 Å². The van der Waals surface area contributed by atoms with Gasteiger partial charge in [0.25, 0.3) is 0 Å². The highest BCUT2D eigenvalue weighted by Gasteiger charge is 2.11. The van der Waals surface area contributed by atoms with Gasteiger partial charge in [-0.25, -0.2) is 0 Å². The molecule has 0 saturated heterocycles. The minimum atomic E-state index is 0.0879. The number of nitrogens with one attached hydrogen (secondary N) is 1. The third-order valence-corrected chi connectivity index (χ3v) is 2.25. The van der Waals surface area contributed by atoms with Crippen molar-refractivity contribution < 1.29 is 9.90 Å². The lowest BCUT2D eigenvalue weighted by Gasteiger charge is -2.20. The lowest BCUT2D eigenvalue weighted by atomic mass is 10.1. The summed E-state index contributed by atoms with van der Waals surface area (Å²) in [5.41, 5.74) is 0. The average molecular weight is 202 g/mol. The molecule has 0 rings (SSSR count). The summed E-state index contributed by atoms with van der Waals surface area (Å²) in [4.78, 5) is 12.8. The van der Waals surface area contributed by atoms with Gasteiger partial charge in [-0.3, -0.25) is 4.79 Å². The minimum Gasteiger partial charge on any atom is -0.395 e. The first kappa shape index (κ1) is 13.4. The molecule has 0 radical (unpaired) electrons. The molecule has 0 spiro atoms. The number of amides is 1. The third kappa shape index (κ3) is 5.19. The van der Waals surface area contributed by atoms with Gasteiger partial charge in [0.1, 0.15) is 0 Å². The predicted octanol–water partition coefficient (Wildman–Crippen LogP) is 0.0712. The molecule has 1 atom stereocenters. The molecule has 0 bridgehead atoms. The highest BCUT2D eigenvalue weighted by molar-refractivity contribution is 5.75. The fraction of sp³-hybridized carbons (Fsp3) is 0.900. The van der Waals surface area contributed by atoms with E-state index in [1.165, 1.54) is 0 Å². The molecule has 0 aliphatic carbocycles. The summed E-state index contributed by atoms with van der Waals surface area (Å²) in [7, 11) is 3.49. The van der Waals surface area contributed by atoms with Crippen molar-refractivity contribution in [3.05, 3.63) is 0 Å². The fourth-order valence-electron chi connectivity index (χ4n) is 1.10. The molecule has 0 aromatic rings. The molecule has 0 fully saturated rings. The van der Waals surface area contributed by atoms with Gasteiger partial charge in [0, 0.05) is 33.1 Å². The van der Waals surface area contributed by atoms with Crippen LogP contribution in [0.4, 0.5) is 0 Å². The molecule has 14 heavy (non-hydrogen) atoms. The van der Waals surface area contributed by atoms with Crippen LogP contribution in [0.25, 0.3) is 0 Å². The number of nitrogens with zero attached hydrogens (tertiary/aromatic N) is 1. The zero-order chi connectivity index (χ0) is 11.1. The zero-order valence-electron chi connectivity index (χ0n) is 9.58. The van der Waals surface area contributed by atoms with Gasteiger partial charge in [-0.15, -0.1) is 0 Å². The van der Waals surface area contributed by atoms with E-state index in [1.54, 1.807) is 19.0 Å². The van der Waals surface area contributed by atoms with Gasteiger partial charge in [0.05, 0.1) is 6.61 Å². The lowest BCUT2D eigenvalue weighted by Crippen LogP contribution is -2.39. The third-order valence-electron chi connectivity index (χ3n) is 2.25. The van der Waals surface area contributed by atoms with Gasteiger partial charge in [-0.2, -0.15) is 0 Å². The van der Waals surface area contributed by atoms with Crippen molar-refractivity contribution in [1.29, 1.82) is 0 Å². The van der Waals surface area contributed by atoms with Crippen molar-refractivity contribution in [2.45, 2.75) is 26.3 Å². The van der Waals surface area contributed by atoms with E-state index in [9.17, 15) is 4.79 Å². The Bertz CT molecular complexity index is 170. The van der Waals surface area contributed by atoms with E-state index in [1.807, 2.05) is 13.8 Å². The molecular weight excluding hydrogens is 180 g/mol. The maximum Gasteiger partial charge on any atom is 0.223 e. The van der Waals surface area contributed by atoms with Crippen LogP contribution in [0.5, 0.6) is 0 Å². The van der Waals surface area contributed by atoms with E-state index in [2.05, 4.69) is 5.32 Å². The van der Waals surface area contributed by atoms with Crippen molar-refractivity contribution in [3.8, 4) is 0 Å². The monoisotopic (exact) mass is 202 g/mol. The summed E-state index contributed by atoms with van der Waals surface area (Å²) < 4.78 is 0. The van der Waals surface area contributed by atoms with E-state index in [0.29, 0.717) is 18.9 Å². The second-order valence-corrected chi connectivity index (χ2v) is 4.03. The molecule has 4 heteroatoms. The number of rotatable bonds is 6. The molecular formula is C10H22N2O2. The molecule has 1 amide bonds. The second-order valence-electron chi connectivity index (χ2n) is 4.03. The zero-order valence-corrected chi connectivity index (χ0v) is 9.58. The SMILES string of the molecule is CC(C)C(CO)NCCC(=O)N(C)C. The van der Waals surface area contributed by atoms with Crippen molar-refractivity contribution in [3.63, 3.8) is 0 Å². The second kappa shape index (κ2) is 6.79. The van der Waals surface area contributed by atoms with Crippen LogP contribution in [0.1, 0.15) is 20.3 Å². The number of carbonyl (C=O) groups is 1. The standard InChI is InChI=1S/C10H22N2O2/c1-8(2)9(7-13)11-6-5-10(14)12(3)4/h8-9,11,13H,5-7H2,1-4H3. The van der Waals surface area contributed by atoms with Crippen molar-refractivity contribution in [2.75, 3.05) is 27.2 Å². The van der Waals surface area contributed by atoms with Crippen molar-refractivity contribution >= 4 is 5.91 Å². The Balaban J connectivity index is 3.66. The predicted molar refractivity (Wildman–Crippen MR) is 57.0 cm³/mol. The molecule has 2 N–H and O–H groups in total. The molecule has 0 aliphatic rings. The van der Waals surface area contributed by atoms with Crippen LogP contribution in [0.3, 0.4) is 0 Å². The first-order chi connectivity index (χ1) is 6.49. The van der Waals surface area contributed by atoms with E-state index < -0.39 is 0 Å². The van der Waals surface area contributed by atoms with Crippen LogP contribution in [-0.4, -0.2) is 49.2 Å². The summed E-state index contributed by atoms with van der Waals surface area (Å²) in [6.07, 6.45) is 0.482. The van der Waals surface area contributed by atoms with Gasteiger partial charge in [0.2, 0.25) is 5.91 Å². The number of aliphatic hydroxyl groups is 1. The number of hydrogen-bond donors (Lipinski definition) is 2. The van der Waals surface area contributed by atoms with Gasteiger partial charge >= 0.3 is 0 Å². The van der Waals surface area contributed by atoms with Crippen LogP contribution in [-0.2, 0) is 4.79 Å². The Labute approximate surface area is 86.3 Å². The smallest absolute Gasteiger partial charge is 0.223 e. The van der Waals surface area contributed by atoms with E-state index in [0.717, 1.165) is 0 Å². The van der Waals surface area contributed by atoms with Crippen LogP contribution in [0, 0.1) is 5.92 Å². The largest absolute Gasteiger partial charge is 0.395 e. The molecule has 1 unspecified atom stereocenters. The van der Waals surface area contributed by atoms with Gasteiger partial charge in [-0.1, -0.05) is 13.8 Å². The summed E-state index contributed by atoms with van der Waals surface area (Å²) in [6.45, 7) is 4.83. The Morgan fingerprint density at radius 3 is 2.36 bits per heavy atom. The van der Waals surface area contributed by atoms with Crippen LogP contribution in [0.15, 0.2) is 0 Å². The fourth-order valence-corrected chi connectivity index (χ4v) is 1.10. The molecule has 0 heterocycles. The molecule has 0 aliphatic heterocycles. The summed E-state index contributed by atoms with van der Waals surface area (Å²) in [6, 6.07) is 0.0879. The van der Waals surface area contributed by atoms with Gasteiger partial charge < -0.3 is 15.3 Å². The van der Waals surface area contributed by atoms with Gasteiger partial charge in [0.15, 0.2) is 0 Å². The van der Waals surface area contributed by atoms with Crippen LogP contribution in [0.2, 0.25) is 0 Å². The van der Waals surface area contributed by atoms with Crippen molar-refractivity contribution in [2.24, 2.45) is 5.92 Å². The molecule has 0 aromatic carbocycles. The first-order valence-electron chi connectivity index (χ1n) is 5.03. The quantitative estimate of drug-likeness (QED) is 0.641. The topological polar surface area (TPSA) is 52.6 Å². The first-order valence-corrected chi connectivity index (χ1v) is 5.03. The number of carbonyl (C=O) groups excluding carboxylic acids is 1. The molecule has 84 valence electrons. The van der Waals surface area contributed by atoms with E-state index in [4.69, 9.17) is 5.11 Å². The summed E-state index contributed by atoms with van der Waals surface area (Å²) >= 11 is 0. The summed E-state index contributed by atoms with van der Waals surface area (Å²) in [5, 5.41) is 12.2. The maximum atomic E-state index is 11.2. The number of hydrogen-bond acceptors (Lipinski definition) is 3. The summed E-state index contributed by atoms with van der Waals surface area (Å²) in [5.74, 6) is 0.493. The Morgan fingerprint density at radius 1 is 1.43 bits per heavy atom. The van der Waals surface area contributed by atoms with Gasteiger partial charge in [-0.05, 0) is 5.92 Å². The van der Waals surface area contributed by atoms with E-state index >= 15 is 0 Å². The average Bonchev–Trinajstić information content (AvgIpc) is 2.11. The normalized spacial score (nSPS) is 13.0. The number of aliphatic hydroxyl groups excluding tert-OH is 1. The molecule has 0 saturated carbocycles. The molecule has 4 nitrogen and oxygen atoms in total. The Morgan fingerprint density at radius 2 is 2.00 bits per heavy atom. The van der Waals surface area contributed by atoms with Crippen LogP contribution < -0.4 is 5.32 Å².